The number of nitrogens with two attached hydrogens (primary N) is 1. The van der Waals surface area contributed by atoms with Crippen molar-refractivity contribution in [1.29, 1.82) is 0 Å². The summed E-state index contributed by atoms with van der Waals surface area (Å²) >= 11 is 0. The Morgan fingerprint density at radius 3 is 2.45 bits per heavy atom. The molecule has 0 spiro atoms. The number of pyridine rings is 1. The normalized spacial score (nSPS) is 14.7. The molecular weight excluding hydrogens is 274 g/mol. The quantitative estimate of drug-likeness (QED) is 0.868. The summed E-state index contributed by atoms with van der Waals surface area (Å²) in [6.45, 7) is 1.91. The van der Waals surface area contributed by atoms with Gasteiger partial charge in [-0.1, -0.05) is 30.3 Å². The third-order valence-corrected chi connectivity index (χ3v) is 4.70. The van der Waals surface area contributed by atoms with Gasteiger partial charge in [-0.15, -0.1) is 0 Å². The standard InChI is InChI=1S/C14H17N3O2S/c1-14(11-15,12-6-3-2-4-7-12)17-20(18,19)13-8-5-9-16-10-13/h2-10,17H,11,15H2,1H3. The second-order valence-electron chi connectivity index (χ2n) is 4.70. The summed E-state index contributed by atoms with van der Waals surface area (Å²) in [7, 11) is -3.67. The number of nitrogens with zero attached hydrogens (tertiary/aromatic N) is 1. The van der Waals surface area contributed by atoms with Crippen LogP contribution in [0.3, 0.4) is 0 Å². The lowest BCUT2D eigenvalue weighted by molar-refractivity contribution is 0.441. The highest BCUT2D eigenvalue weighted by Crippen LogP contribution is 2.22. The van der Waals surface area contributed by atoms with Crippen molar-refractivity contribution >= 4 is 10.0 Å². The highest BCUT2D eigenvalue weighted by Gasteiger charge is 2.31. The number of sulfonamides is 1. The lowest BCUT2D eigenvalue weighted by Gasteiger charge is -2.29. The Hall–Kier alpha value is -1.76. The highest BCUT2D eigenvalue weighted by molar-refractivity contribution is 7.89. The van der Waals surface area contributed by atoms with Gasteiger partial charge < -0.3 is 5.73 Å². The number of nitrogens with one attached hydrogen (secondary N) is 1. The molecule has 2 aromatic rings. The van der Waals surface area contributed by atoms with Crippen molar-refractivity contribution in [2.75, 3.05) is 6.54 Å². The summed E-state index contributed by atoms with van der Waals surface area (Å²) in [6, 6.07) is 12.3. The molecule has 1 atom stereocenters. The van der Waals surface area contributed by atoms with Crippen LogP contribution in [0.2, 0.25) is 0 Å². The largest absolute Gasteiger partial charge is 0.328 e. The smallest absolute Gasteiger partial charge is 0.242 e. The second-order valence-corrected chi connectivity index (χ2v) is 6.38. The molecule has 106 valence electrons. The average molecular weight is 291 g/mol. The Balaban J connectivity index is 2.36. The van der Waals surface area contributed by atoms with E-state index in [9.17, 15) is 8.42 Å². The van der Waals surface area contributed by atoms with Crippen LogP contribution in [0, 0.1) is 0 Å². The van der Waals surface area contributed by atoms with Crippen LogP contribution >= 0.6 is 0 Å². The van der Waals surface area contributed by atoms with Gasteiger partial charge >= 0.3 is 0 Å². The molecule has 0 fully saturated rings. The SMILES string of the molecule is CC(CN)(NS(=O)(=O)c1cccnc1)c1ccccc1. The molecule has 1 unspecified atom stereocenters. The van der Waals surface area contributed by atoms with E-state index in [-0.39, 0.29) is 11.4 Å². The van der Waals surface area contributed by atoms with E-state index in [2.05, 4.69) is 9.71 Å². The second kappa shape index (κ2) is 5.70. The van der Waals surface area contributed by atoms with Gasteiger partial charge in [0.2, 0.25) is 10.0 Å². The van der Waals surface area contributed by atoms with Crippen molar-refractivity contribution < 1.29 is 8.42 Å². The molecule has 0 saturated heterocycles. The summed E-state index contributed by atoms with van der Waals surface area (Å²) < 4.78 is 27.4. The monoisotopic (exact) mass is 291 g/mol. The first-order chi connectivity index (χ1) is 9.48. The number of aromatic nitrogens is 1. The third kappa shape index (κ3) is 3.04. The fourth-order valence-corrected chi connectivity index (χ4v) is 3.26. The van der Waals surface area contributed by atoms with E-state index in [1.807, 2.05) is 30.3 Å². The summed E-state index contributed by atoms with van der Waals surface area (Å²) in [5.74, 6) is 0. The molecular formula is C14H17N3O2S. The number of benzene rings is 1. The Kier molecular flexibility index (Phi) is 4.17. The molecule has 1 heterocycles. The molecule has 0 saturated carbocycles. The van der Waals surface area contributed by atoms with Gasteiger partial charge in [-0.25, -0.2) is 8.42 Å². The number of hydrogen-bond donors (Lipinski definition) is 2. The molecule has 0 aliphatic rings. The highest BCUT2D eigenvalue weighted by atomic mass is 32.2. The Labute approximate surface area is 118 Å². The van der Waals surface area contributed by atoms with Gasteiger partial charge in [0.25, 0.3) is 0 Å². The van der Waals surface area contributed by atoms with E-state index < -0.39 is 15.6 Å². The van der Waals surface area contributed by atoms with Gasteiger partial charge in [0.05, 0.1) is 5.54 Å². The van der Waals surface area contributed by atoms with Gasteiger partial charge in [-0.2, -0.15) is 4.72 Å². The van der Waals surface area contributed by atoms with E-state index >= 15 is 0 Å². The molecule has 5 nitrogen and oxygen atoms in total. The fraction of sp³-hybridized carbons (Fsp3) is 0.214. The predicted molar refractivity (Wildman–Crippen MR) is 77.4 cm³/mol. The van der Waals surface area contributed by atoms with Crippen molar-refractivity contribution in [1.82, 2.24) is 9.71 Å². The average Bonchev–Trinajstić information content (AvgIpc) is 2.48. The molecule has 0 radical (unpaired) electrons. The van der Waals surface area contributed by atoms with Crippen molar-refractivity contribution in [3.05, 3.63) is 60.4 Å². The van der Waals surface area contributed by atoms with Crippen molar-refractivity contribution in [2.45, 2.75) is 17.4 Å². The van der Waals surface area contributed by atoms with Crippen molar-refractivity contribution in [3.8, 4) is 0 Å². The lowest BCUT2D eigenvalue weighted by Crippen LogP contribution is -2.48. The number of rotatable bonds is 5. The van der Waals surface area contributed by atoms with Crippen LogP contribution in [-0.4, -0.2) is 19.9 Å². The minimum atomic E-state index is -3.67. The zero-order chi connectivity index (χ0) is 14.6. The van der Waals surface area contributed by atoms with Crippen molar-refractivity contribution in [2.24, 2.45) is 5.73 Å². The van der Waals surface area contributed by atoms with Crippen molar-refractivity contribution in [3.63, 3.8) is 0 Å². The minimum absolute atomic E-state index is 0.121. The molecule has 0 amide bonds. The van der Waals surface area contributed by atoms with E-state index in [0.717, 1.165) is 5.56 Å². The zero-order valence-electron chi connectivity index (χ0n) is 11.2. The molecule has 0 aliphatic heterocycles. The van der Waals surface area contributed by atoms with Crippen LogP contribution in [-0.2, 0) is 15.6 Å². The maximum atomic E-state index is 12.4. The number of hydrogen-bond acceptors (Lipinski definition) is 4. The van der Waals surface area contributed by atoms with Gasteiger partial charge in [0, 0.05) is 18.9 Å². The van der Waals surface area contributed by atoms with E-state index in [1.54, 1.807) is 13.0 Å². The Bertz CT molecular complexity index is 659. The predicted octanol–water partition coefficient (Wildman–Crippen LogP) is 1.23. The summed E-state index contributed by atoms with van der Waals surface area (Å²) in [4.78, 5) is 3.95. The van der Waals surface area contributed by atoms with Gasteiger partial charge in [0.1, 0.15) is 4.90 Å². The van der Waals surface area contributed by atoms with Crippen LogP contribution in [0.15, 0.2) is 59.8 Å². The summed E-state index contributed by atoms with van der Waals surface area (Å²) in [6.07, 6.45) is 2.84. The van der Waals surface area contributed by atoms with Crippen LogP contribution in [0.25, 0.3) is 0 Å². The molecule has 6 heteroatoms. The third-order valence-electron chi connectivity index (χ3n) is 3.12. The van der Waals surface area contributed by atoms with Crippen LogP contribution in [0.5, 0.6) is 0 Å². The van der Waals surface area contributed by atoms with Gasteiger partial charge in [-0.05, 0) is 24.6 Å². The molecule has 3 N–H and O–H groups in total. The first-order valence-corrected chi connectivity index (χ1v) is 7.66. The molecule has 0 bridgehead atoms. The fourth-order valence-electron chi connectivity index (χ4n) is 1.89. The Morgan fingerprint density at radius 2 is 1.90 bits per heavy atom. The zero-order valence-corrected chi connectivity index (χ0v) is 12.0. The first kappa shape index (κ1) is 14.6. The molecule has 0 aliphatic carbocycles. The van der Waals surface area contributed by atoms with E-state index in [0.29, 0.717) is 0 Å². The summed E-state index contributed by atoms with van der Waals surface area (Å²) in [5, 5.41) is 0. The van der Waals surface area contributed by atoms with Crippen LogP contribution in [0.4, 0.5) is 0 Å². The van der Waals surface area contributed by atoms with Crippen LogP contribution < -0.4 is 10.5 Å². The molecule has 2 rings (SSSR count). The Morgan fingerprint density at radius 1 is 1.20 bits per heavy atom. The van der Waals surface area contributed by atoms with Gasteiger partial charge in [0.15, 0.2) is 0 Å². The molecule has 20 heavy (non-hydrogen) atoms. The first-order valence-electron chi connectivity index (χ1n) is 6.17. The lowest BCUT2D eigenvalue weighted by atomic mass is 9.94. The minimum Gasteiger partial charge on any atom is -0.328 e. The van der Waals surface area contributed by atoms with E-state index in [4.69, 9.17) is 5.73 Å². The maximum absolute atomic E-state index is 12.4. The maximum Gasteiger partial charge on any atom is 0.242 e. The van der Waals surface area contributed by atoms with Crippen LogP contribution in [0.1, 0.15) is 12.5 Å². The molecule has 1 aromatic carbocycles. The summed E-state index contributed by atoms with van der Waals surface area (Å²) in [5.41, 5.74) is 5.73. The van der Waals surface area contributed by atoms with E-state index in [1.165, 1.54) is 18.5 Å². The topological polar surface area (TPSA) is 85.1 Å². The molecule has 1 aromatic heterocycles. The van der Waals surface area contributed by atoms with Gasteiger partial charge in [-0.3, -0.25) is 4.98 Å².